The van der Waals surface area contributed by atoms with E-state index in [1.807, 2.05) is 18.2 Å². The first-order valence-corrected chi connectivity index (χ1v) is 8.39. The van der Waals surface area contributed by atoms with E-state index in [9.17, 15) is 9.90 Å². The second kappa shape index (κ2) is 7.78. The maximum absolute atomic E-state index is 12.6. The van der Waals surface area contributed by atoms with Gasteiger partial charge >= 0.3 is 0 Å². The van der Waals surface area contributed by atoms with Gasteiger partial charge in [-0.1, -0.05) is 35.9 Å². The Morgan fingerprint density at radius 3 is 2.68 bits per heavy atom. The number of nitrogens with zero attached hydrogens (tertiary/aromatic N) is 2. The smallest absolute Gasteiger partial charge is 0.261 e. The monoisotopic (exact) mass is 358 g/mol. The van der Waals surface area contributed by atoms with Crippen LogP contribution in [-0.2, 0) is 17.9 Å². The van der Waals surface area contributed by atoms with Crippen molar-refractivity contribution in [2.24, 2.45) is 0 Å². The minimum Gasteiger partial charge on any atom is -0.389 e. The molecule has 2 aromatic carbocycles. The Morgan fingerprint density at radius 2 is 1.92 bits per heavy atom. The maximum Gasteiger partial charge on any atom is 0.261 e. The van der Waals surface area contributed by atoms with Crippen LogP contribution >= 0.6 is 11.6 Å². The average Bonchev–Trinajstić information content (AvgIpc) is 2.60. The number of benzene rings is 2. The van der Waals surface area contributed by atoms with Crippen LogP contribution in [0.2, 0.25) is 5.02 Å². The summed E-state index contributed by atoms with van der Waals surface area (Å²) < 4.78 is 7.02. The highest BCUT2D eigenvalue weighted by Crippen LogP contribution is 2.11. The van der Waals surface area contributed by atoms with Crippen LogP contribution in [0.4, 0.5) is 0 Å². The first kappa shape index (κ1) is 17.6. The van der Waals surface area contributed by atoms with E-state index in [2.05, 4.69) is 4.98 Å². The van der Waals surface area contributed by atoms with E-state index in [1.165, 1.54) is 4.57 Å². The molecule has 3 aromatic rings. The Bertz CT molecular complexity index is 922. The molecule has 0 saturated heterocycles. The van der Waals surface area contributed by atoms with Gasteiger partial charge in [0.25, 0.3) is 5.56 Å². The first-order valence-electron chi connectivity index (χ1n) is 8.01. The van der Waals surface area contributed by atoms with Gasteiger partial charge in [0.05, 0.1) is 36.8 Å². The molecule has 3 rings (SSSR count). The fourth-order valence-corrected chi connectivity index (χ4v) is 2.78. The molecule has 1 atom stereocenters. The Hall–Kier alpha value is -2.21. The van der Waals surface area contributed by atoms with Gasteiger partial charge in [0.2, 0.25) is 0 Å². The lowest BCUT2D eigenvalue weighted by atomic mass is 10.2. The first-order chi connectivity index (χ1) is 12.0. The maximum atomic E-state index is 12.6. The van der Waals surface area contributed by atoms with Gasteiger partial charge in [0, 0.05) is 5.02 Å². The van der Waals surface area contributed by atoms with Gasteiger partial charge in [-0.25, -0.2) is 4.98 Å². The molecule has 0 amide bonds. The lowest BCUT2D eigenvalue weighted by molar-refractivity contribution is 0.0195. The van der Waals surface area contributed by atoms with Crippen LogP contribution in [-0.4, -0.2) is 27.4 Å². The highest BCUT2D eigenvalue weighted by atomic mass is 35.5. The third kappa shape index (κ3) is 4.25. The number of aliphatic hydroxyl groups is 1. The second-order valence-corrected chi connectivity index (χ2v) is 6.32. The predicted octanol–water partition coefficient (Wildman–Crippen LogP) is 2.94. The van der Waals surface area contributed by atoms with Crippen molar-refractivity contribution >= 4 is 22.5 Å². The quantitative estimate of drug-likeness (QED) is 0.735. The van der Waals surface area contributed by atoms with Crippen molar-refractivity contribution in [2.45, 2.75) is 26.2 Å². The molecular weight excluding hydrogens is 340 g/mol. The van der Waals surface area contributed by atoms with Gasteiger partial charge in [-0.2, -0.15) is 0 Å². The lowest BCUT2D eigenvalue weighted by Gasteiger charge is -2.15. The molecule has 0 saturated carbocycles. The molecule has 1 unspecified atom stereocenters. The van der Waals surface area contributed by atoms with Crippen LogP contribution < -0.4 is 5.56 Å². The molecule has 1 N–H and O–H groups in total. The Morgan fingerprint density at radius 1 is 1.20 bits per heavy atom. The number of ether oxygens (including phenoxy) is 1. The fourth-order valence-electron chi connectivity index (χ4n) is 2.65. The number of aromatic nitrogens is 2. The van der Waals surface area contributed by atoms with Gasteiger partial charge < -0.3 is 9.84 Å². The van der Waals surface area contributed by atoms with E-state index in [0.29, 0.717) is 28.4 Å². The minimum absolute atomic E-state index is 0.126. The van der Waals surface area contributed by atoms with Crippen molar-refractivity contribution in [3.8, 4) is 0 Å². The molecule has 0 aliphatic carbocycles. The number of fused-ring (bicyclic) bond motifs is 1. The summed E-state index contributed by atoms with van der Waals surface area (Å²) in [5.41, 5.74) is 1.48. The SMILES string of the molecule is Cc1nc2ccccc2c(=O)n1CC(O)COCc1ccc(Cl)cc1. The number of halogens is 1. The Kier molecular flexibility index (Phi) is 5.48. The van der Waals surface area contributed by atoms with Gasteiger partial charge in [-0.3, -0.25) is 9.36 Å². The standard InChI is InChI=1S/C19H19ClN2O3/c1-13-21-18-5-3-2-4-17(18)19(24)22(13)10-16(23)12-25-11-14-6-8-15(20)9-7-14/h2-9,16,23H,10-12H2,1H3. The zero-order valence-corrected chi connectivity index (χ0v) is 14.6. The summed E-state index contributed by atoms with van der Waals surface area (Å²) in [6.07, 6.45) is -0.799. The van der Waals surface area contributed by atoms with Crippen molar-refractivity contribution in [1.29, 1.82) is 0 Å². The second-order valence-electron chi connectivity index (χ2n) is 5.89. The lowest BCUT2D eigenvalue weighted by Crippen LogP contribution is -2.31. The van der Waals surface area contributed by atoms with Crippen LogP contribution in [0.1, 0.15) is 11.4 Å². The average molecular weight is 359 g/mol. The van der Waals surface area contributed by atoms with Gasteiger partial charge in [-0.05, 0) is 36.8 Å². The molecular formula is C19H19ClN2O3. The van der Waals surface area contributed by atoms with Crippen LogP contribution in [0.15, 0.2) is 53.3 Å². The molecule has 1 heterocycles. The van der Waals surface area contributed by atoms with E-state index in [1.54, 1.807) is 37.3 Å². The topological polar surface area (TPSA) is 64.4 Å². The van der Waals surface area contributed by atoms with Gasteiger partial charge in [0.1, 0.15) is 5.82 Å². The minimum atomic E-state index is -0.799. The molecule has 0 aliphatic rings. The Labute approximate surface area is 150 Å². The summed E-state index contributed by atoms with van der Waals surface area (Å²) in [7, 11) is 0. The number of aryl methyl sites for hydroxylation is 1. The van der Waals surface area contributed by atoms with Gasteiger partial charge in [-0.15, -0.1) is 0 Å². The molecule has 130 valence electrons. The molecule has 1 aromatic heterocycles. The van der Waals surface area contributed by atoms with Crippen molar-refractivity contribution in [3.05, 3.63) is 75.3 Å². The van der Waals surface area contributed by atoms with Crippen molar-refractivity contribution in [2.75, 3.05) is 6.61 Å². The zero-order chi connectivity index (χ0) is 17.8. The van der Waals surface area contributed by atoms with Crippen LogP contribution in [0, 0.1) is 6.92 Å². The molecule has 0 fully saturated rings. The molecule has 0 bridgehead atoms. The van der Waals surface area contributed by atoms with Crippen molar-refractivity contribution in [1.82, 2.24) is 9.55 Å². The van der Waals surface area contributed by atoms with E-state index >= 15 is 0 Å². The molecule has 25 heavy (non-hydrogen) atoms. The summed E-state index contributed by atoms with van der Waals surface area (Å²) in [6.45, 7) is 2.40. The van der Waals surface area contributed by atoms with E-state index < -0.39 is 6.10 Å². The molecule has 5 nitrogen and oxygen atoms in total. The number of hydrogen-bond acceptors (Lipinski definition) is 4. The normalized spacial score (nSPS) is 12.4. The van der Waals surface area contributed by atoms with Crippen LogP contribution in [0.3, 0.4) is 0 Å². The highest BCUT2D eigenvalue weighted by Gasteiger charge is 2.12. The fraction of sp³-hybridized carbons (Fsp3) is 0.263. The summed E-state index contributed by atoms with van der Waals surface area (Å²) in [5.74, 6) is 0.570. The van der Waals surface area contributed by atoms with Crippen molar-refractivity contribution < 1.29 is 9.84 Å². The number of rotatable bonds is 6. The van der Waals surface area contributed by atoms with Gasteiger partial charge in [0.15, 0.2) is 0 Å². The van der Waals surface area contributed by atoms with Crippen LogP contribution in [0.25, 0.3) is 10.9 Å². The van der Waals surface area contributed by atoms with Crippen molar-refractivity contribution in [3.63, 3.8) is 0 Å². The number of para-hydroxylation sites is 1. The molecule has 0 spiro atoms. The summed E-state index contributed by atoms with van der Waals surface area (Å²) in [6, 6.07) is 14.5. The third-order valence-corrected chi connectivity index (χ3v) is 4.19. The summed E-state index contributed by atoms with van der Waals surface area (Å²) in [4.78, 5) is 17.0. The molecule has 0 radical (unpaired) electrons. The predicted molar refractivity (Wildman–Crippen MR) is 97.9 cm³/mol. The Balaban J connectivity index is 1.64. The third-order valence-electron chi connectivity index (χ3n) is 3.94. The highest BCUT2D eigenvalue weighted by molar-refractivity contribution is 6.30. The molecule has 6 heteroatoms. The summed E-state index contributed by atoms with van der Waals surface area (Å²) >= 11 is 5.84. The molecule has 0 aliphatic heterocycles. The van der Waals surface area contributed by atoms with Crippen LogP contribution in [0.5, 0.6) is 0 Å². The zero-order valence-electron chi connectivity index (χ0n) is 13.9. The number of hydrogen-bond donors (Lipinski definition) is 1. The van der Waals surface area contributed by atoms with E-state index in [-0.39, 0.29) is 18.7 Å². The van der Waals surface area contributed by atoms with E-state index in [0.717, 1.165) is 5.56 Å². The largest absolute Gasteiger partial charge is 0.389 e. The number of aliphatic hydroxyl groups excluding tert-OH is 1. The summed E-state index contributed by atoms with van der Waals surface area (Å²) in [5, 5.41) is 11.4. The van der Waals surface area contributed by atoms with E-state index in [4.69, 9.17) is 16.3 Å².